The van der Waals surface area contributed by atoms with E-state index < -0.39 is 22.8 Å². The molecule has 2 rings (SSSR count). The summed E-state index contributed by atoms with van der Waals surface area (Å²) in [5.74, 6) is -1.80. The maximum Gasteiger partial charge on any atom is 0.338 e. The van der Waals surface area contributed by atoms with Gasteiger partial charge in [-0.05, 0) is 25.3 Å². The Bertz CT molecular complexity index is 601. The number of hydrogen-bond donors (Lipinski definition) is 2. The van der Waals surface area contributed by atoms with Crippen LogP contribution >= 0.6 is 0 Å². The summed E-state index contributed by atoms with van der Waals surface area (Å²) >= 11 is 0. The summed E-state index contributed by atoms with van der Waals surface area (Å²) in [5, 5.41) is 20.0. The average molecular weight is 293 g/mol. The molecule has 1 aromatic carbocycles. The summed E-state index contributed by atoms with van der Waals surface area (Å²) < 4.78 is 0. The number of piperidine rings is 1. The molecule has 0 radical (unpaired) electrons. The quantitative estimate of drug-likeness (QED) is 0.633. The van der Waals surface area contributed by atoms with E-state index in [-0.39, 0.29) is 16.9 Å². The second kappa shape index (κ2) is 5.78. The van der Waals surface area contributed by atoms with Crippen molar-refractivity contribution in [3.8, 4) is 0 Å². The van der Waals surface area contributed by atoms with Gasteiger partial charge in [0.15, 0.2) is 0 Å². The number of nitrogens with zero attached hydrogens (tertiary/aromatic N) is 2. The number of primary amides is 1. The van der Waals surface area contributed by atoms with Crippen molar-refractivity contribution in [2.75, 3.05) is 11.4 Å². The standard InChI is InChI=1S/C13H15N3O5/c14-12(17)11-3-1-2-6-15(11)10-5-4-8(16(20)21)7-9(10)13(18)19/h4-5,7,11H,1-3,6H2,(H2,14,17)(H,18,19). The highest BCUT2D eigenvalue weighted by atomic mass is 16.6. The molecule has 1 aliphatic rings. The number of carbonyl (C=O) groups excluding carboxylic acids is 1. The summed E-state index contributed by atoms with van der Waals surface area (Å²) in [4.78, 5) is 34.6. The minimum absolute atomic E-state index is 0.197. The van der Waals surface area contributed by atoms with E-state index in [9.17, 15) is 24.8 Å². The predicted octanol–water partition coefficient (Wildman–Crippen LogP) is 1.14. The van der Waals surface area contributed by atoms with Crippen molar-refractivity contribution in [2.45, 2.75) is 25.3 Å². The molecule has 3 N–H and O–H groups in total. The van der Waals surface area contributed by atoms with E-state index in [4.69, 9.17) is 5.73 Å². The predicted molar refractivity (Wildman–Crippen MR) is 74.2 cm³/mol. The Morgan fingerprint density at radius 3 is 2.67 bits per heavy atom. The third kappa shape index (κ3) is 2.93. The highest BCUT2D eigenvalue weighted by Gasteiger charge is 2.30. The molecule has 0 saturated carbocycles. The average Bonchev–Trinajstić information content (AvgIpc) is 2.46. The Morgan fingerprint density at radius 1 is 1.38 bits per heavy atom. The number of carboxylic acids is 1. The summed E-state index contributed by atoms with van der Waals surface area (Å²) in [6.45, 7) is 0.492. The number of nitrogens with two attached hydrogens (primary N) is 1. The molecule has 8 nitrogen and oxygen atoms in total. The molecule has 1 aromatic rings. The van der Waals surface area contributed by atoms with Crippen molar-refractivity contribution in [3.63, 3.8) is 0 Å². The molecule has 1 aliphatic heterocycles. The highest BCUT2D eigenvalue weighted by Crippen LogP contribution is 2.30. The molecule has 1 fully saturated rings. The monoisotopic (exact) mass is 293 g/mol. The molecular weight excluding hydrogens is 278 g/mol. The molecule has 1 amide bonds. The van der Waals surface area contributed by atoms with Gasteiger partial charge in [-0.2, -0.15) is 0 Å². The number of carbonyl (C=O) groups is 2. The fourth-order valence-electron chi connectivity index (χ4n) is 2.58. The van der Waals surface area contributed by atoms with Crippen molar-refractivity contribution in [3.05, 3.63) is 33.9 Å². The topological polar surface area (TPSA) is 127 Å². The van der Waals surface area contributed by atoms with Crippen LogP contribution in [0.25, 0.3) is 0 Å². The van der Waals surface area contributed by atoms with Gasteiger partial charge in [0.2, 0.25) is 5.91 Å². The molecule has 21 heavy (non-hydrogen) atoms. The molecule has 112 valence electrons. The van der Waals surface area contributed by atoms with E-state index in [1.165, 1.54) is 12.1 Å². The Balaban J connectivity index is 2.48. The molecule has 8 heteroatoms. The maximum atomic E-state index is 11.5. The van der Waals surface area contributed by atoms with Crippen molar-refractivity contribution < 1.29 is 19.6 Å². The third-order valence-corrected chi connectivity index (χ3v) is 3.56. The normalized spacial score (nSPS) is 18.3. The first-order chi connectivity index (χ1) is 9.91. The number of nitro benzene ring substituents is 1. The van der Waals surface area contributed by atoms with Crippen molar-refractivity contribution in [1.29, 1.82) is 0 Å². The van der Waals surface area contributed by atoms with Crippen molar-refractivity contribution in [2.24, 2.45) is 5.73 Å². The van der Waals surface area contributed by atoms with Gasteiger partial charge in [0, 0.05) is 18.7 Å². The number of rotatable bonds is 4. The lowest BCUT2D eigenvalue weighted by Crippen LogP contribution is -2.48. The molecular formula is C13H15N3O5. The number of amides is 1. The Kier molecular flexibility index (Phi) is 4.06. The first kappa shape index (κ1) is 14.8. The summed E-state index contributed by atoms with van der Waals surface area (Å²) in [6, 6.07) is 3.01. The van der Waals surface area contributed by atoms with E-state index in [0.29, 0.717) is 13.0 Å². The van der Waals surface area contributed by atoms with E-state index >= 15 is 0 Å². The maximum absolute atomic E-state index is 11.5. The van der Waals surface area contributed by atoms with Crippen LogP contribution in [-0.4, -0.2) is 34.5 Å². The van der Waals surface area contributed by atoms with Gasteiger partial charge in [-0.15, -0.1) is 0 Å². The summed E-state index contributed by atoms with van der Waals surface area (Å²) in [5.41, 5.74) is 5.15. The van der Waals surface area contributed by atoms with Gasteiger partial charge >= 0.3 is 5.97 Å². The number of non-ortho nitro benzene ring substituents is 1. The molecule has 1 saturated heterocycles. The van der Waals surface area contributed by atoms with Gasteiger partial charge in [0.25, 0.3) is 5.69 Å². The van der Waals surface area contributed by atoms with E-state index in [2.05, 4.69) is 0 Å². The minimum atomic E-state index is -1.28. The zero-order valence-electron chi connectivity index (χ0n) is 11.2. The third-order valence-electron chi connectivity index (χ3n) is 3.56. The van der Waals surface area contributed by atoms with Crippen LogP contribution in [-0.2, 0) is 4.79 Å². The van der Waals surface area contributed by atoms with Crippen LogP contribution in [0.4, 0.5) is 11.4 Å². The van der Waals surface area contributed by atoms with Crippen LogP contribution in [0.1, 0.15) is 29.6 Å². The van der Waals surface area contributed by atoms with Gasteiger partial charge in [0.1, 0.15) is 6.04 Å². The van der Waals surface area contributed by atoms with Crippen LogP contribution in [0.5, 0.6) is 0 Å². The minimum Gasteiger partial charge on any atom is -0.478 e. The fourth-order valence-corrected chi connectivity index (χ4v) is 2.58. The highest BCUT2D eigenvalue weighted by molar-refractivity contribution is 5.96. The van der Waals surface area contributed by atoms with Crippen LogP contribution in [0, 0.1) is 10.1 Å². The molecule has 0 aromatic heterocycles. The van der Waals surface area contributed by atoms with E-state index in [1.807, 2.05) is 0 Å². The number of anilines is 1. The van der Waals surface area contributed by atoms with Crippen LogP contribution in [0.3, 0.4) is 0 Å². The number of benzene rings is 1. The SMILES string of the molecule is NC(=O)C1CCCCN1c1ccc([N+](=O)[O-])cc1C(=O)O. The van der Waals surface area contributed by atoms with Gasteiger partial charge < -0.3 is 15.7 Å². The van der Waals surface area contributed by atoms with E-state index in [0.717, 1.165) is 18.9 Å². The Labute approximate surface area is 120 Å². The second-order valence-electron chi connectivity index (χ2n) is 4.87. The number of carboxylic acid groups (broad SMARTS) is 1. The van der Waals surface area contributed by atoms with Crippen molar-refractivity contribution >= 4 is 23.3 Å². The number of aromatic carboxylic acids is 1. The first-order valence-corrected chi connectivity index (χ1v) is 6.49. The Morgan fingerprint density at radius 2 is 2.10 bits per heavy atom. The molecule has 0 spiro atoms. The number of nitro groups is 1. The lowest BCUT2D eigenvalue weighted by Gasteiger charge is -2.36. The van der Waals surface area contributed by atoms with Crippen LogP contribution in [0.15, 0.2) is 18.2 Å². The van der Waals surface area contributed by atoms with Gasteiger partial charge in [-0.1, -0.05) is 0 Å². The summed E-state index contributed by atoms with van der Waals surface area (Å²) in [7, 11) is 0. The fraction of sp³-hybridized carbons (Fsp3) is 0.385. The Hall–Kier alpha value is -2.64. The van der Waals surface area contributed by atoms with Gasteiger partial charge in [-0.25, -0.2) is 4.79 Å². The lowest BCUT2D eigenvalue weighted by molar-refractivity contribution is -0.384. The van der Waals surface area contributed by atoms with Crippen LogP contribution < -0.4 is 10.6 Å². The molecule has 1 heterocycles. The smallest absolute Gasteiger partial charge is 0.338 e. The van der Waals surface area contributed by atoms with Gasteiger partial charge in [-0.3, -0.25) is 14.9 Å². The largest absolute Gasteiger partial charge is 0.478 e. The molecule has 1 unspecified atom stereocenters. The molecule has 0 bridgehead atoms. The first-order valence-electron chi connectivity index (χ1n) is 6.49. The zero-order valence-corrected chi connectivity index (χ0v) is 11.2. The zero-order chi connectivity index (χ0) is 15.6. The number of hydrogen-bond acceptors (Lipinski definition) is 5. The van der Waals surface area contributed by atoms with Crippen LogP contribution in [0.2, 0.25) is 0 Å². The summed E-state index contributed by atoms with van der Waals surface area (Å²) in [6.07, 6.45) is 2.19. The van der Waals surface area contributed by atoms with Crippen molar-refractivity contribution in [1.82, 2.24) is 0 Å². The van der Waals surface area contributed by atoms with Gasteiger partial charge in [0.05, 0.1) is 16.2 Å². The lowest BCUT2D eigenvalue weighted by atomic mass is 9.99. The van der Waals surface area contributed by atoms with E-state index in [1.54, 1.807) is 4.90 Å². The second-order valence-corrected chi connectivity index (χ2v) is 4.87. The molecule has 0 aliphatic carbocycles. The molecule has 1 atom stereocenters.